The molecule has 3 aromatic heterocycles. The zero-order valence-corrected chi connectivity index (χ0v) is 21.8. The number of halogens is 1. The molecule has 0 saturated heterocycles. The fraction of sp³-hybridized carbons (Fsp3) is 0.240. The summed E-state index contributed by atoms with van der Waals surface area (Å²) in [6.45, 7) is 3.23. The van der Waals surface area contributed by atoms with Gasteiger partial charge < -0.3 is 35.8 Å². The van der Waals surface area contributed by atoms with Crippen LogP contribution >= 0.6 is 0 Å². The van der Waals surface area contributed by atoms with E-state index in [9.17, 15) is 29.6 Å². The number of aliphatic hydroxyl groups is 4. The molecule has 4 rings (SSSR count). The average Bonchev–Trinajstić information content (AvgIpc) is 3.28. The minimum absolute atomic E-state index is 0.00638. The average molecular weight is 555 g/mol. The molecule has 40 heavy (non-hydrogen) atoms. The van der Waals surface area contributed by atoms with Crippen LogP contribution in [0.5, 0.6) is 5.75 Å². The molecule has 0 fully saturated rings. The molecule has 0 radical (unpaired) electrons. The molecule has 0 unspecified atom stereocenters. The Labute approximate surface area is 227 Å². The maximum Gasteiger partial charge on any atom is 0.369 e. The van der Waals surface area contributed by atoms with Crippen molar-refractivity contribution in [3.8, 4) is 17.0 Å². The summed E-state index contributed by atoms with van der Waals surface area (Å²) in [5, 5.41) is 53.8. The van der Waals surface area contributed by atoms with Gasteiger partial charge in [0.1, 0.15) is 23.1 Å². The number of ether oxygens (including phenoxy) is 1. The summed E-state index contributed by atoms with van der Waals surface area (Å²) in [6.07, 6.45) is 0.488. The second-order valence-corrected chi connectivity index (χ2v) is 9.20. The third-order valence-electron chi connectivity index (χ3n) is 5.56. The minimum atomic E-state index is -3.51. The molecule has 15 heteroatoms. The van der Waals surface area contributed by atoms with Gasteiger partial charge >= 0.3 is 6.10 Å². The van der Waals surface area contributed by atoms with E-state index in [0.29, 0.717) is 17.1 Å². The van der Waals surface area contributed by atoms with Crippen LogP contribution in [0.25, 0.3) is 11.3 Å². The highest BCUT2D eigenvalue weighted by molar-refractivity contribution is 6.01. The number of anilines is 4. The van der Waals surface area contributed by atoms with Crippen LogP contribution in [0, 0.1) is 5.82 Å². The van der Waals surface area contributed by atoms with Gasteiger partial charge in [0.25, 0.3) is 5.91 Å². The predicted octanol–water partition coefficient (Wildman–Crippen LogP) is 1.45. The van der Waals surface area contributed by atoms with Gasteiger partial charge in [-0.2, -0.15) is 15.0 Å². The molecule has 1 aromatic carbocycles. The fourth-order valence-electron chi connectivity index (χ4n) is 3.75. The lowest BCUT2D eigenvalue weighted by Gasteiger charge is -2.20. The van der Waals surface area contributed by atoms with E-state index in [2.05, 4.69) is 30.8 Å². The largest absolute Gasteiger partial charge is 0.494 e. The number of benzene rings is 1. The Morgan fingerprint density at radius 1 is 1.00 bits per heavy atom. The lowest BCUT2D eigenvalue weighted by Crippen LogP contribution is -2.48. The number of nitrogens with zero attached hydrogens (tertiary/aromatic N) is 5. The molecule has 210 valence electrons. The summed E-state index contributed by atoms with van der Waals surface area (Å²) in [5.74, 6) is -1.12. The van der Waals surface area contributed by atoms with E-state index in [1.54, 1.807) is 38.3 Å². The van der Waals surface area contributed by atoms with Crippen molar-refractivity contribution in [3.63, 3.8) is 0 Å². The van der Waals surface area contributed by atoms with Gasteiger partial charge in [-0.1, -0.05) is 0 Å². The summed E-state index contributed by atoms with van der Waals surface area (Å²) in [6, 6.07) is 6.95. The highest BCUT2D eigenvalue weighted by atomic mass is 19.1. The Balaban J connectivity index is 1.78. The van der Waals surface area contributed by atoms with Gasteiger partial charge in [0, 0.05) is 31.6 Å². The quantitative estimate of drug-likeness (QED) is 0.147. The van der Waals surface area contributed by atoms with Crippen LogP contribution in [-0.4, -0.2) is 64.5 Å². The van der Waals surface area contributed by atoms with Gasteiger partial charge in [0.15, 0.2) is 5.75 Å². The van der Waals surface area contributed by atoms with Crippen LogP contribution < -0.4 is 20.7 Å². The number of amides is 1. The molecule has 3 heterocycles. The lowest BCUT2D eigenvalue weighted by molar-refractivity contribution is -0.323. The third-order valence-corrected chi connectivity index (χ3v) is 5.56. The molecule has 4 aromatic rings. The molecule has 14 nitrogen and oxygen atoms in total. The summed E-state index contributed by atoms with van der Waals surface area (Å²) < 4.78 is 20.3. The summed E-state index contributed by atoms with van der Waals surface area (Å²) in [4.78, 5) is 22.4. The first-order valence-electron chi connectivity index (χ1n) is 11.7. The van der Waals surface area contributed by atoms with Crippen LogP contribution in [0.15, 0.2) is 48.9 Å². The molecule has 1 amide bonds. The molecule has 0 saturated carbocycles. The Morgan fingerprint density at radius 2 is 1.73 bits per heavy atom. The third kappa shape index (κ3) is 6.65. The van der Waals surface area contributed by atoms with Crippen molar-refractivity contribution in [2.75, 3.05) is 17.7 Å². The number of aryl methyl sites for hydroxylation is 1. The fourth-order valence-corrected chi connectivity index (χ4v) is 3.75. The number of hydrogen-bond acceptors (Lipinski definition) is 12. The van der Waals surface area contributed by atoms with E-state index in [-0.39, 0.29) is 34.1 Å². The van der Waals surface area contributed by atoms with E-state index in [1.165, 1.54) is 36.4 Å². The minimum Gasteiger partial charge on any atom is -0.494 e. The second-order valence-electron chi connectivity index (χ2n) is 9.20. The summed E-state index contributed by atoms with van der Waals surface area (Å²) in [5.41, 5.74) is -0.138. The van der Waals surface area contributed by atoms with Crippen molar-refractivity contribution in [1.82, 2.24) is 30.3 Å². The number of methoxy groups -OCH3 is 1. The molecule has 0 spiro atoms. The zero-order valence-electron chi connectivity index (χ0n) is 21.8. The van der Waals surface area contributed by atoms with E-state index in [0.717, 1.165) is 12.3 Å². The van der Waals surface area contributed by atoms with Crippen LogP contribution in [0.2, 0.25) is 0 Å². The molecule has 7 N–H and O–H groups in total. The zero-order chi connectivity index (χ0) is 29.2. The lowest BCUT2D eigenvalue weighted by atomic mass is 10.00. The first-order chi connectivity index (χ1) is 18.7. The van der Waals surface area contributed by atoms with Crippen LogP contribution in [-0.2, 0) is 12.6 Å². The first kappa shape index (κ1) is 28.3. The maximum absolute atomic E-state index is 14.7. The molecular formula is C25H27FN8O6. The van der Waals surface area contributed by atoms with Crippen LogP contribution in [0.4, 0.5) is 27.4 Å². The Bertz CT molecular complexity index is 1550. The molecule has 0 aliphatic heterocycles. The highest BCUT2D eigenvalue weighted by Crippen LogP contribution is 2.39. The second kappa shape index (κ2) is 10.8. The van der Waals surface area contributed by atoms with Crippen LogP contribution in [0.1, 0.15) is 29.8 Å². The summed E-state index contributed by atoms with van der Waals surface area (Å²) in [7, 11) is 2.96. The van der Waals surface area contributed by atoms with Crippen molar-refractivity contribution in [1.29, 1.82) is 0 Å². The first-order valence-corrected chi connectivity index (χ1v) is 11.7. The van der Waals surface area contributed by atoms with Gasteiger partial charge in [-0.05, 0) is 37.6 Å². The number of hydrogen-bond donors (Lipinski definition) is 7. The summed E-state index contributed by atoms with van der Waals surface area (Å²) >= 11 is 0. The maximum atomic E-state index is 14.7. The Kier molecular flexibility index (Phi) is 7.66. The number of carbonyl (C=O) groups is 1. The van der Waals surface area contributed by atoms with Crippen molar-refractivity contribution < 1.29 is 34.3 Å². The molecule has 0 aliphatic carbocycles. The SMILES string of the molecule is COc1c(Nc2cc(Nc3cc(C(C)(C)O)ccn3)ncc2C(=O)NC(O)(O)O)cc(F)cc1-c1cnn(C)n1. The normalized spacial score (nSPS) is 11.7. The van der Waals surface area contributed by atoms with E-state index >= 15 is 0 Å². The number of aromatic nitrogens is 5. The molecular weight excluding hydrogens is 527 g/mol. The predicted molar refractivity (Wildman–Crippen MR) is 140 cm³/mol. The number of carbonyl (C=O) groups excluding carboxylic acids is 1. The smallest absolute Gasteiger partial charge is 0.369 e. The van der Waals surface area contributed by atoms with Crippen molar-refractivity contribution in [2.24, 2.45) is 7.05 Å². The number of pyridine rings is 2. The number of rotatable bonds is 9. The standard InChI is InChI=1S/C25H27FN8O6/c1-24(2,36)13-5-6-27-20(7-13)31-21-10-17(16(11-28-21)23(35)32-25(37,38)39)30-18-9-14(26)8-15(22(18)40-4)19-12-29-34(3)33-19/h5-12,36-39H,1-4H3,(H,32,35)(H2,27,28,30,31). The highest BCUT2D eigenvalue weighted by Gasteiger charge is 2.26. The van der Waals surface area contributed by atoms with E-state index in [1.807, 2.05) is 0 Å². The van der Waals surface area contributed by atoms with E-state index < -0.39 is 23.4 Å². The van der Waals surface area contributed by atoms with Gasteiger partial charge in [-0.25, -0.2) is 14.4 Å². The Morgan fingerprint density at radius 3 is 2.35 bits per heavy atom. The topological polar surface area (TPSA) is 200 Å². The van der Waals surface area contributed by atoms with Crippen molar-refractivity contribution in [3.05, 3.63) is 65.9 Å². The van der Waals surface area contributed by atoms with Crippen molar-refractivity contribution >= 4 is 28.9 Å². The molecule has 0 atom stereocenters. The monoisotopic (exact) mass is 554 g/mol. The van der Waals surface area contributed by atoms with Gasteiger partial charge in [0.05, 0.1) is 41.4 Å². The number of nitrogens with one attached hydrogen (secondary N) is 3. The molecule has 0 bridgehead atoms. The van der Waals surface area contributed by atoms with Gasteiger partial charge in [0.2, 0.25) is 0 Å². The van der Waals surface area contributed by atoms with Crippen LogP contribution in [0.3, 0.4) is 0 Å². The van der Waals surface area contributed by atoms with E-state index in [4.69, 9.17) is 4.74 Å². The molecule has 0 aliphatic rings. The van der Waals surface area contributed by atoms with Gasteiger partial charge in [-0.15, -0.1) is 0 Å². The van der Waals surface area contributed by atoms with Gasteiger partial charge in [-0.3, -0.25) is 10.1 Å². The van der Waals surface area contributed by atoms with Crippen molar-refractivity contribution in [2.45, 2.75) is 25.5 Å². The Hall–Kier alpha value is -4.70.